The van der Waals surface area contributed by atoms with Gasteiger partial charge in [-0.15, -0.1) is 0 Å². The zero-order valence-electron chi connectivity index (χ0n) is 13.0. The molecule has 0 spiro atoms. The SMILES string of the molecule is NCCC1CCCN(C(=O)Cc2cccc3ccccc23)C1. The van der Waals surface area contributed by atoms with Crippen LogP contribution in [-0.2, 0) is 11.2 Å². The summed E-state index contributed by atoms with van der Waals surface area (Å²) in [5.41, 5.74) is 6.79. The Hall–Kier alpha value is -1.87. The third-order valence-electron chi connectivity index (χ3n) is 4.67. The van der Waals surface area contributed by atoms with E-state index in [0.29, 0.717) is 12.3 Å². The minimum absolute atomic E-state index is 0.248. The Morgan fingerprint density at radius 3 is 2.86 bits per heavy atom. The maximum absolute atomic E-state index is 12.7. The molecule has 1 atom stereocenters. The Morgan fingerprint density at radius 1 is 1.18 bits per heavy atom. The van der Waals surface area contributed by atoms with E-state index in [1.165, 1.54) is 17.2 Å². The number of hydrogen-bond donors (Lipinski definition) is 1. The number of nitrogens with zero attached hydrogens (tertiary/aromatic N) is 1. The molecule has 0 aromatic heterocycles. The fourth-order valence-corrected chi connectivity index (χ4v) is 3.48. The molecule has 2 N–H and O–H groups in total. The number of fused-ring (bicyclic) bond motifs is 1. The van der Waals surface area contributed by atoms with Crippen LogP contribution in [0, 0.1) is 5.92 Å². The summed E-state index contributed by atoms with van der Waals surface area (Å²) in [7, 11) is 0. The number of amides is 1. The second-order valence-electron chi connectivity index (χ2n) is 6.24. The summed E-state index contributed by atoms with van der Waals surface area (Å²) in [6.07, 6.45) is 3.83. The maximum atomic E-state index is 12.7. The molecular weight excluding hydrogens is 272 g/mol. The highest BCUT2D eigenvalue weighted by Crippen LogP contribution is 2.22. The first-order valence-corrected chi connectivity index (χ1v) is 8.22. The Labute approximate surface area is 132 Å². The number of benzene rings is 2. The van der Waals surface area contributed by atoms with Crippen LogP contribution in [0.4, 0.5) is 0 Å². The third-order valence-corrected chi connectivity index (χ3v) is 4.67. The lowest BCUT2D eigenvalue weighted by Crippen LogP contribution is -2.41. The van der Waals surface area contributed by atoms with Crippen molar-refractivity contribution in [3.05, 3.63) is 48.0 Å². The molecule has 3 heteroatoms. The maximum Gasteiger partial charge on any atom is 0.227 e. The van der Waals surface area contributed by atoms with E-state index >= 15 is 0 Å². The van der Waals surface area contributed by atoms with Crippen LogP contribution in [0.1, 0.15) is 24.8 Å². The monoisotopic (exact) mass is 296 g/mol. The molecular formula is C19H24N2O. The van der Waals surface area contributed by atoms with Crippen molar-refractivity contribution in [3.8, 4) is 0 Å². The first-order valence-electron chi connectivity index (χ1n) is 8.22. The van der Waals surface area contributed by atoms with Crippen LogP contribution in [-0.4, -0.2) is 30.4 Å². The highest BCUT2D eigenvalue weighted by Gasteiger charge is 2.23. The number of nitrogens with two attached hydrogens (primary N) is 1. The third kappa shape index (κ3) is 3.30. The van der Waals surface area contributed by atoms with E-state index < -0.39 is 0 Å². The summed E-state index contributed by atoms with van der Waals surface area (Å²) in [5.74, 6) is 0.827. The van der Waals surface area contributed by atoms with Gasteiger partial charge >= 0.3 is 0 Å². The summed E-state index contributed by atoms with van der Waals surface area (Å²) < 4.78 is 0. The van der Waals surface area contributed by atoms with Crippen LogP contribution in [0.3, 0.4) is 0 Å². The topological polar surface area (TPSA) is 46.3 Å². The molecule has 22 heavy (non-hydrogen) atoms. The number of carbonyl (C=O) groups is 1. The Morgan fingerprint density at radius 2 is 2.00 bits per heavy atom. The van der Waals surface area contributed by atoms with Gasteiger partial charge in [-0.2, -0.15) is 0 Å². The van der Waals surface area contributed by atoms with E-state index in [4.69, 9.17) is 5.73 Å². The Bertz CT molecular complexity index is 645. The predicted molar refractivity (Wildman–Crippen MR) is 90.6 cm³/mol. The molecule has 1 heterocycles. The van der Waals surface area contributed by atoms with Crippen LogP contribution < -0.4 is 5.73 Å². The highest BCUT2D eigenvalue weighted by atomic mass is 16.2. The van der Waals surface area contributed by atoms with Gasteiger partial charge < -0.3 is 10.6 Å². The summed E-state index contributed by atoms with van der Waals surface area (Å²) >= 11 is 0. The molecule has 1 unspecified atom stereocenters. The normalized spacial score (nSPS) is 18.6. The minimum atomic E-state index is 0.248. The minimum Gasteiger partial charge on any atom is -0.342 e. The smallest absolute Gasteiger partial charge is 0.227 e. The molecule has 1 amide bonds. The molecule has 1 aliphatic rings. The molecule has 0 bridgehead atoms. The predicted octanol–water partition coefficient (Wildman–Crippen LogP) is 2.97. The molecule has 3 nitrogen and oxygen atoms in total. The zero-order chi connectivity index (χ0) is 15.4. The van der Waals surface area contributed by atoms with Crippen molar-refractivity contribution in [1.82, 2.24) is 4.90 Å². The Balaban J connectivity index is 1.73. The van der Waals surface area contributed by atoms with Crippen LogP contribution >= 0.6 is 0 Å². The lowest BCUT2D eigenvalue weighted by molar-refractivity contribution is -0.132. The molecule has 1 fully saturated rings. The van der Waals surface area contributed by atoms with Crippen molar-refractivity contribution < 1.29 is 4.79 Å². The van der Waals surface area contributed by atoms with Crippen LogP contribution in [0.25, 0.3) is 10.8 Å². The van der Waals surface area contributed by atoms with Gasteiger partial charge in [0.15, 0.2) is 0 Å². The van der Waals surface area contributed by atoms with Crippen LogP contribution in [0.5, 0.6) is 0 Å². The van der Waals surface area contributed by atoms with Gasteiger partial charge in [0.1, 0.15) is 0 Å². The first-order chi connectivity index (χ1) is 10.8. The van der Waals surface area contributed by atoms with E-state index in [2.05, 4.69) is 24.3 Å². The summed E-state index contributed by atoms with van der Waals surface area (Å²) in [4.78, 5) is 14.7. The lowest BCUT2D eigenvalue weighted by atomic mass is 9.94. The van der Waals surface area contributed by atoms with Crippen LogP contribution in [0.15, 0.2) is 42.5 Å². The molecule has 2 aromatic rings. The molecule has 2 aromatic carbocycles. The average molecular weight is 296 g/mol. The summed E-state index contributed by atoms with van der Waals surface area (Å²) in [6.45, 7) is 2.49. The van der Waals surface area contributed by atoms with Crippen molar-refractivity contribution >= 4 is 16.7 Å². The van der Waals surface area contributed by atoms with Gasteiger partial charge in [0.2, 0.25) is 5.91 Å². The number of carbonyl (C=O) groups excluding carboxylic acids is 1. The molecule has 1 aliphatic heterocycles. The van der Waals surface area contributed by atoms with Gasteiger partial charge in [0, 0.05) is 13.1 Å². The van der Waals surface area contributed by atoms with E-state index in [9.17, 15) is 4.79 Å². The van der Waals surface area contributed by atoms with Crippen LogP contribution in [0.2, 0.25) is 0 Å². The van der Waals surface area contributed by atoms with Crippen molar-refractivity contribution in [3.63, 3.8) is 0 Å². The molecule has 0 saturated carbocycles. The van der Waals surface area contributed by atoms with Gasteiger partial charge in [0.25, 0.3) is 0 Å². The molecule has 3 rings (SSSR count). The van der Waals surface area contributed by atoms with E-state index in [0.717, 1.165) is 38.0 Å². The number of piperidine rings is 1. The molecule has 1 saturated heterocycles. The second kappa shape index (κ2) is 6.93. The molecule has 0 radical (unpaired) electrons. The summed E-state index contributed by atoms with van der Waals surface area (Å²) in [5, 5.41) is 2.39. The van der Waals surface area contributed by atoms with E-state index in [1.54, 1.807) is 0 Å². The standard InChI is InChI=1S/C19H24N2O/c20-11-10-15-5-4-12-21(14-15)19(22)13-17-8-3-7-16-6-1-2-9-18(16)17/h1-3,6-9,15H,4-5,10-14,20H2. The number of rotatable bonds is 4. The highest BCUT2D eigenvalue weighted by molar-refractivity contribution is 5.90. The first kappa shape index (κ1) is 15.0. The number of hydrogen-bond acceptors (Lipinski definition) is 2. The summed E-state index contributed by atoms with van der Waals surface area (Å²) in [6, 6.07) is 14.5. The average Bonchev–Trinajstić information content (AvgIpc) is 2.56. The second-order valence-corrected chi connectivity index (χ2v) is 6.24. The van der Waals surface area contributed by atoms with Gasteiger partial charge in [-0.3, -0.25) is 4.79 Å². The van der Waals surface area contributed by atoms with Gasteiger partial charge in [-0.25, -0.2) is 0 Å². The van der Waals surface area contributed by atoms with E-state index in [1.807, 2.05) is 23.1 Å². The lowest BCUT2D eigenvalue weighted by Gasteiger charge is -2.33. The zero-order valence-corrected chi connectivity index (χ0v) is 13.0. The molecule has 116 valence electrons. The largest absolute Gasteiger partial charge is 0.342 e. The fourth-order valence-electron chi connectivity index (χ4n) is 3.48. The van der Waals surface area contributed by atoms with Crippen molar-refractivity contribution in [2.45, 2.75) is 25.7 Å². The fraction of sp³-hybridized carbons (Fsp3) is 0.421. The van der Waals surface area contributed by atoms with Crippen molar-refractivity contribution in [1.29, 1.82) is 0 Å². The van der Waals surface area contributed by atoms with Crippen molar-refractivity contribution in [2.75, 3.05) is 19.6 Å². The van der Waals surface area contributed by atoms with Gasteiger partial charge in [-0.1, -0.05) is 42.5 Å². The number of likely N-dealkylation sites (tertiary alicyclic amines) is 1. The van der Waals surface area contributed by atoms with Gasteiger partial charge in [-0.05, 0) is 48.1 Å². The van der Waals surface area contributed by atoms with Crippen molar-refractivity contribution in [2.24, 2.45) is 11.7 Å². The molecule has 0 aliphatic carbocycles. The van der Waals surface area contributed by atoms with Gasteiger partial charge in [0.05, 0.1) is 6.42 Å². The Kier molecular flexibility index (Phi) is 4.74. The quantitative estimate of drug-likeness (QED) is 0.943. The van der Waals surface area contributed by atoms with E-state index in [-0.39, 0.29) is 5.91 Å².